The fraction of sp³-hybridized carbons (Fsp3) is 0.333. The van der Waals surface area contributed by atoms with Gasteiger partial charge in [-0.2, -0.15) is 0 Å². The van der Waals surface area contributed by atoms with Crippen LogP contribution in [0.2, 0.25) is 0 Å². The van der Waals surface area contributed by atoms with E-state index in [2.05, 4.69) is 6.58 Å². The van der Waals surface area contributed by atoms with Gasteiger partial charge >= 0.3 is 0 Å². The first-order valence-corrected chi connectivity index (χ1v) is 4.78. The Bertz CT molecular complexity index is 301. The summed E-state index contributed by atoms with van der Waals surface area (Å²) in [6.45, 7) is 3.68. The average molecular weight is 228 g/mol. The van der Waals surface area contributed by atoms with Gasteiger partial charge in [0.05, 0.1) is 7.11 Å². The van der Waals surface area contributed by atoms with Crippen LogP contribution < -0.4 is 10.5 Å². The van der Waals surface area contributed by atoms with Crippen LogP contribution in [0.4, 0.5) is 0 Å². The van der Waals surface area contributed by atoms with Gasteiger partial charge in [-0.1, -0.05) is 18.2 Å². The zero-order chi connectivity index (χ0) is 10.4. The van der Waals surface area contributed by atoms with Crippen LogP contribution in [0.25, 0.3) is 0 Å². The lowest BCUT2D eigenvalue weighted by molar-refractivity contribution is 0.413. The zero-order valence-electron chi connectivity index (χ0n) is 8.98. The molecule has 3 heteroatoms. The van der Waals surface area contributed by atoms with Crippen molar-refractivity contribution in [3.8, 4) is 5.75 Å². The zero-order valence-corrected chi connectivity index (χ0v) is 9.80. The van der Waals surface area contributed by atoms with Gasteiger partial charge < -0.3 is 10.5 Å². The molecule has 0 aliphatic carbocycles. The summed E-state index contributed by atoms with van der Waals surface area (Å²) in [7, 11) is 1.66. The molecular weight excluding hydrogens is 210 g/mol. The number of nitrogens with two attached hydrogens (primary N) is 1. The molecule has 0 aliphatic heterocycles. The van der Waals surface area contributed by atoms with E-state index in [9.17, 15) is 0 Å². The third kappa shape index (κ3) is 4.36. The van der Waals surface area contributed by atoms with E-state index in [0.717, 1.165) is 24.2 Å². The highest BCUT2D eigenvalue weighted by molar-refractivity contribution is 5.85. The molecule has 0 amide bonds. The molecular formula is C12H18ClNO. The summed E-state index contributed by atoms with van der Waals surface area (Å²) in [6.07, 6.45) is 3.76. The molecule has 15 heavy (non-hydrogen) atoms. The molecule has 1 aromatic carbocycles. The highest BCUT2D eigenvalue weighted by atomic mass is 35.5. The maximum Gasteiger partial charge on any atom is 0.119 e. The van der Waals surface area contributed by atoms with Crippen LogP contribution in [-0.4, -0.2) is 7.11 Å². The van der Waals surface area contributed by atoms with E-state index in [1.165, 1.54) is 0 Å². The molecule has 2 nitrogen and oxygen atoms in total. The number of ether oxygens (including phenoxy) is 1. The number of rotatable bonds is 5. The van der Waals surface area contributed by atoms with Gasteiger partial charge in [0.2, 0.25) is 0 Å². The monoisotopic (exact) mass is 227 g/mol. The summed E-state index contributed by atoms with van der Waals surface area (Å²) < 4.78 is 5.13. The lowest BCUT2D eigenvalue weighted by Gasteiger charge is -2.11. The minimum absolute atomic E-state index is 0. The Labute approximate surface area is 97.5 Å². The fourth-order valence-corrected chi connectivity index (χ4v) is 1.34. The van der Waals surface area contributed by atoms with Crippen LogP contribution in [0.15, 0.2) is 36.9 Å². The molecule has 0 radical (unpaired) electrons. The second-order valence-electron chi connectivity index (χ2n) is 3.25. The fourth-order valence-electron chi connectivity index (χ4n) is 1.34. The summed E-state index contributed by atoms with van der Waals surface area (Å²) in [6, 6.07) is 7.96. The maximum atomic E-state index is 6.00. The molecule has 0 heterocycles. The summed E-state index contributed by atoms with van der Waals surface area (Å²) in [5, 5.41) is 0. The average Bonchev–Trinajstić information content (AvgIpc) is 2.26. The Balaban J connectivity index is 0.00000196. The lowest BCUT2D eigenvalue weighted by atomic mass is 10.0. The number of hydrogen-bond donors (Lipinski definition) is 1. The first kappa shape index (κ1) is 14.0. The van der Waals surface area contributed by atoms with Crippen molar-refractivity contribution < 1.29 is 4.74 Å². The van der Waals surface area contributed by atoms with Crippen molar-refractivity contribution in [2.45, 2.75) is 18.9 Å². The van der Waals surface area contributed by atoms with E-state index in [-0.39, 0.29) is 18.4 Å². The Kier molecular flexibility index (Phi) is 6.84. The van der Waals surface area contributed by atoms with Gasteiger partial charge in [-0.3, -0.25) is 0 Å². The van der Waals surface area contributed by atoms with Crippen LogP contribution in [0.1, 0.15) is 24.4 Å². The van der Waals surface area contributed by atoms with E-state index in [1.54, 1.807) is 7.11 Å². The molecule has 1 rings (SSSR count). The summed E-state index contributed by atoms with van der Waals surface area (Å²) >= 11 is 0. The van der Waals surface area contributed by atoms with Crippen molar-refractivity contribution in [3.63, 3.8) is 0 Å². The third-order valence-corrected chi connectivity index (χ3v) is 2.20. The van der Waals surface area contributed by atoms with E-state index in [0.29, 0.717) is 0 Å². The first-order valence-electron chi connectivity index (χ1n) is 4.78. The van der Waals surface area contributed by atoms with Gasteiger partial charge in [0.15, 0.2) is 0 Å². The van der Waals surface area contributed by atoms with Crippen LogP contribution in [0.5, 0.6) is 5.75 Å². The molecule has 0 saturated heterocycles. The molecule has 2 N–H and O–H groups in total. The number of hydrogen-bond acceptors (Lipinski definition) is 2. The third-order valence-electron chi connectivity index (χ3n) is 2.20. The topological polar surface area (TPSA) is 35.2 Å². The Morgan fingerprint density at radius 3 is 2.87 bits per heavy atom. The number of methoxy groups -OCH3 is 1. The first-order chi connectivity index (χ1) is 6.77. The highest BCUT2D eigenvalue weighted by Crippen LogP contribution is 2.20. The van der Waals surface area contributed by atoms with Gasteiger partial charge in [0, 0.05) is 6.04 Å². The summed E-state index contributed by atoms with van der Waals surface area (Å²) in [5.74, 6) is 0.858. The van der Waals surface area contributed by atoms with Crippen molar-refractivity contribution in [1.82, 2.24) is 0 Å². The Morgan fingerprint density at radius 2 is 2.27 bits per heavy atom. The smallest absolute Gasteiger partial charge is 0.119 e. The molecule has 84 valence electrons. The van der Waals surface area contributed by atoms with Gasteiger partial charge in [0.1, 0.15) is 5.75 Å². The summed E-state index contributed by atoms with van der Waals surface area (Å²) in [5.41, 5.74) is 7.12. The van der Waals surface area contributed by atoms with Crippen molar-refractivity contribution in [1.29, 1.82) is 0 Å². The van der Waals surface area contributed by atoms with Gasteiger partial charge in [-0.15, -0.1) is 19.0 Å². The van der Waals surface area contributed by atoms with Crippen molar-refractivity contribution >= 4 is 12.4 Å². The molecule has 0 saturated carbocycles. The standard InChI is InChI=1S/C12H17NO.ClH/c1-3-4-8-12(13)10-6-5-7-11(9-10)14-2;/h3,5-7,9,12H,1,4,8,13H2,2H3;1H/t12-;/m1./s1. The summed E-state index contributed by atoms with van der Waals surface area (Å²) in [4.78, 5) is 0. The predicted octanol–water partition coefficient (Wildman–Crippen LogP) is 3.08. The molecule has 1 aromatic rings. The Hall–Kier alpha value is -0.990. The van der Waals surface area contributed by atoms with Crippen molar-refractivity contribution in [2.24, 2.45) is 5.73 Å². The van der Waals surface area contributed by atoms with Gasteiger partial charge in [-0.05, 0) is 30.5 Å². The normalized spacial score (nSPS) is 11.3. The number of halogens is 1. The van der Waals surface area contributed by atoms with E-state index < -0.39 is 0 Å². The van der Waals surface area contributed by atoms with E-state index in [4.69, 9.17) is 10.5 Å². The second kappa shape index (κ2) is 7.32. The molecule has 1 atom stereocenters. The molecule has 0 spiro atoms. The van der Waals surface area contributed by atoms with Crippen LogP contribution in [0, 0.1) is 0 Å². The SMILES string of the molecule is C=CCC[C@@H](N)c1cccc(OC)c1.Cl. The van der Waals surface area contributed by atoms with Crippen LogP contribution in [0.3, 0.4) is 0 Å². The maximum absolute atomic E-state index is 6.00. The van der Waals surface area contributed by atoms with Crippen LogP contribution in [-0.2, 0) is 0 Å². The van der Waals surface area contributed by atoms with Gasteiger partial charge in [-0.25, -0.2) is 0 Å². The highest BCUT2D eigenvalue weighted by Gasteiger charge is 2.05. The Morgan fingerprint density at radius 1 is 1.53 bits per heavy atom. The quantitative estimate of drug-likeness (QED) is 0.785. The molecule has 0 aromatic heterocycles. The largest absolute Gasteiger partial charge is 0.497 e. The molecule has 0 fully saturated rings. The molecule has 0 bridgehead atoms. The van der Waals surface area contributed by atoms with E-state index in [1.807, 2.05) is 30.3 Å². The minimum atomic E-state index is 0. The van der Waals surface area contributed by atoms with Gasteiger partial charge in [0.25, 0.3) is 0 Å². The predicted molar refractivity (Wildman–Crippen MR) is 66.6 cm³/mol. The molecule has 0 unspecified atom stereocenters. The van der Waals surface area contributed by atoms with E-state index >= 15 is 0 Å². The minimum Gasteiger partial charge on any atom is -0.497 e. The van der Waals surface area contributed by atoms with Crippen molar-refractivity contribution in [2.75, 3.05) is 7.11 Å². The van der Waals surface area contributed by atoms with Crippen molar-refractivity contribution in [3.05, 3.63) is 42.5 Å². The second-order valence-corrected chi connectivity index (χ2v) is 3.25. The van der Waals surface area contributed by atoms with Crippen LogP contribution >= 0.6 is 12.4 Å². The number of allylic oxidation sites excluding steroid dienone is 1. The molecule has 0 aliphatic rings. The lowest BCUT2D eigenvalue weighted by Crippen LogP contribution is -2.09. The number of benzene rings is 1.